The zero-order valence-corrected chi connectivity index (χ0v) is 12.3. The van der Waals surface area contributed by atoms with Gasteiger partial charge in [0.1, 0.15) is 0 Å². The van der Waals surface area contributed by atoms with Gasteiger partial charge in [-0.2, -0.15) is 0 Å². The Morgan fingerprint density at radius 2 is 1.63 bits per heavy atom. The standard InChI is InChI=1S/C16H28N2O/c1-10(2)14(17)15(19)18-9-16-6-11-3-12(7-16)5-13(4-11)8-16/h10-14H,3-9,17H2,1-2H3,(H,18,19). The molecule has 4 saturated carbocycles. The maximum absolute atomic E-state index is 12.0. The first-order valence-electron chi connectivity index (χ1n) is 8.01. The normalized spacial score (nSPS) is 41.6. The first kappa shape index (κ1) is 13.4. The molecule has 1 unspecified atom stereocenters. The number of hydrogen-bond acceptors (Lipinski definition) is 2. The number of hydrogen-bond donors (Lipinski definition) is 2. The van der Waals surface area contributed by atoms with Crippen LogP contribution in [0.3, 0.4) is 0 Å². The van der Waals surface area contributed by atoms with Crippen LogP contribution in [-0.4, -0.2) is 18.5 Å². The van der Waals surface area contributed by atoms with Crippen molar-refractivity contribution in [2.75, 3.05) is 6.54 Å². The Bertz CT molecular complexity index is 328. The predicted molar refractivity (Wildman–Crippen MR) is 76.4 cm³/mol. The number of carbonyl (C=O) groups is 1. The molecule has 0 aromatic carbocycles. The Balaban J connectivity index is 1.59. The molecule has 4 bridgehead atoms. The smallest absolute Gasteiger partial charge is 0.237 e. The number of nitrogens with one attached hydrogen (secondary N) is 1. The van der Waals surface area contributed by atoms with E-state index >= 15 is 0 Å². The first-order chi connectivity index (χ1) is 8.97. The van der Waals surface area contributed by atoms with Crippen LogP contribution in [0, 0.1) is 29.1 Å². The molecule has 0 saturated heterocycles. The zero-order chi connectivity index (χ0) is 13.6. The lowest BCUT2D eigenvalue weighted by molar-refractivity contribution is -0.125. The van der Waals surface area contributed by atoms with Gasteiger partial charge in [-0.15, -0.1) is 0 Å². The molecule has 1 atom stereocenters. The largest absolute Gasteiger partial charge is 0.354 e. The molecule has 4 aliphatic rings. The molecule has 4 aliphatic carbocycles. The average Bonchev–Trinajstić information content (AvgIpc) is 2.33. The van der Waals surface area contributed by atoms with Gasteiger partial charge in [0, 0.05) is 6.54 Å². The Kier molecular flexibility index (Phi) is 3.36. The minimum Gasteiger partial charge on any atom is -0.354 e. The summed E-state index contributed by atoms with van der Waals surface area (Å²) in [5.41, 5.74) is 6.34. The third-order valence-electron chi connectivity index (χ3n) is 5.82. The fraction of sp³-hybridized carbons (Fsp3) is 0.938. The summed E-state index contributed by atoms with van der Waals surface area (Å²) in [4.78, 5) is 12.0. The van der Waals surface area contributed by atoms with E-state index in [0.29, 0.717) is 5.41 Å². The number of amides is 1. The van der Waals surface area contributed by atoms with E-state index in [2.05, 4.69) is 5.32 Å². The van der Waals surface area contributed by atoms with Crippen LogP contribution in [0.15, 0.2) is 0 Å². The van der Waals surface area contributed by atoms with Crippen molar-refractivity contribution >= 4 is 5.91 Å². The maximum Gasteiger partial charge on any atom is 0.237 e. The highest BCUT2D eigenvalue weighted by atomic mass is 16.2. The molecule has 0 aliphatic heterocycles. The summed E-state index contributed by atoms with van der Waals surface area (Å²) >= 11 is 0. The van der Waals surface area contributed by atoms with Crippen molar-refractivity contribution in [2.45, 2.75) is 58.4 Å². The molecular weight excluding hydrogens is 236 g/mol. The summed E-state index contributed by atoms with van der Waals surface area (Å²) in [6.45, 7) is 4.89. The molecule has 0 aromatic rings. The van der Waals surface area contributed by atoms with Crippen LogP contribution in [-0.2, 0) is 4.79 Å². The molecule has 0 aromatic heterocycles. The van der Waals surface area contributed by atoms with Crippen molar-refractivity contribution in [1.29, 1.82) is 0 Å². The van der Waals surface area contributed by atoms with Crippen molar-refractivity contribution in [3.8, 4) is 0 Å². The number of nitrogens with two attached hydrogens (primary N) is 1. The van der Waals surface area contributed by atoms with E-state index < -0.39 is 0 Å². The summed E-state index contributed by atoms with van der Waals surface area (Å²) < 4.78 is 0. The summed E-state index contributed by atoms with van der Waals surface area (Å²) in [5, 5.41) is 3.16. The first-order valence-corrected chi connectivity index (χ1v) is 8.01. The van der Waals surface area contributed by atoms with Crippen LogP contribution in [0.2, 0.25) is 0 Å². The molecule has 0 heterocycles. The Morgan fingerprint density at radius 3 is 2.05 bits per heavy atom. The predicted octanol–water partition coefficient (Wildman–Crippen LogP) is 2.30. The lowest BCUT2D eigenvalue weighted by Crippen LogP contribution is -2.53. The van der Waals surface area contributed by atoms with Gasteiger partial charge in [0.2, 0.25) is 5.91 Å². The SMILES string of the molecule is CC(C)C(N)C(=O)NCC12CC3CC(CC(C3)C1)C2. The highest BCUT2D eigenvalue weighted by Crippen LogP contribution is 2.59. The van der Waals surface area contributed by atoms with Gasteiger partial charge in [-0.25, -0.2) is 0 Å². The zero-order valence-electron chi connectivity index (χ0n) is 12.3. The van der Waals surface area contributed by atoms with Gasteiger partial charge < -0.3 is 11.1 Å². The fourth-order valence-electron chi connectivity index (χ4n) is 5.20. The average molecular weight is 264 g/mol. The van der Waals surface area contributed by atoms with Crippen molar-refractivity contribution in [2.24, 2.45) is 34.8 Å². The van der Waals surface area contributed by atoms with Crippen molar-refractivity contribution in [1.82, 2.24) is 5.32 Å². The van der Waals surface area contributed by atoms with Gasteiger partial charge in [0.15, 0.2) is 0 Å². The van der Waals surface area contributed by atoms with Crippen LogP contribution < -0.4 is 11.1 Å². The Labute approximate surface area is 116 Å². The van der Waals surface area contributed by atoms with E-state index in [1.54, 1.807) is 0 Å². The van der Waals surface area contributed by atoms with E-state index in [-0.39, 0.29) is 17.9 Å². The molecule has 0 radical (unpaired) electrons. The lowest BCUT2D eigenvalue weighted by Gasteiger charge is -2.57. The van der Waals surface area contributed by atoms with E-state index in [9.17, 15) is 4.79 Å². The molecule has 0 spiro atoms. The van der Waals surface area contributed by atoms with E-state index in [1.165, 1.54) is 38.5 Å². The second-order valence-corrected chi connectivity index (χ2v) is 7.91. The molecule has 4 rings (SSSR count). The van der Waals surface area contributed by atoms with Crippen molar-refractivity contribution < 1.29 is 4.79 Å². The van der Waals surface area contributed by atoms with E-state index in [1.807, 2.05) is 13.8 Å². The topological polar surface area (TPSA) is 55.1 Å². The third-order valence-corrected chi connectivity index (χ3v) is 5.82. The minimum absolute atomic E-state index is 0.0470. The highest BCUT2D eigenvalue weighted by Gasteiger charge is 2.50. The Morgan fingerprint density at radius 1 is 1.16 bits per heavy atom. The molecule has 3 nitrogen and oxygen atoms in total. The van der Waals surface area contributed by atoms with Gasteiger partial charge in [-0.1, -0.05) is 13.8 Å². The molecule has 1 amide bonds. The monoisotopic (exact) mass is 264 g/mol. The van der Waals surface area contributed by atoms with Gasteiger partial charge in [0.25, 0.3) is 0 Å². The van der Waals surface area contributed by atoms with Crippen LogP contribution in [0.5, 0.6) is 0 Å². The van der Waals surface area contributed by atoms with Gasteiger partial charge >= 0.3 is 0 Å². The minimum atomic E-state index is -0.353. The molecule has 4 fully saturated rings. The molecule has 3 N–H and O–H groups in total. The molecule has 3 heteroatoms. The third kappa shape index (κ3) is 2.54. The van der Waals surface area contributed by atoms with Crippen LogP contribution >= 0.6 is 0 Å². The van der Waals surface area contributed by atoms with Crippen LogP contribution in [0.1, 0.15) is 52.4 Å². The fourth-order valence-corrected chi connectivity index (χ4v) is 5.20. The van der Waals surface area contributed by atoms with E-state index in [4.69, 9.17) is 5.73 Å². The maximum atomic E-state index is 12.0. The molecular formula is C16H28N2O. The second kappa shape index (κ2) is 4.76. The number of carbonyl (C=O) groups excluding carboxylic acids is 1. The number of rotatable bonds is 4. The summed E-state index contributed by atoms with van der Waals surface area (Å²) in [6.07, 6.45) is 8.40. The van der Waals surface area contributed by atoms with Crippen LogP contribution in [0.25, 0.3) is 0 Å². The Hall–Kier alpha value is -0.570. The quantitative estimate of drug-likeness (QED) is 0.818. The summed E-state index contributed by atoms with van der Waals surface area (Å²) in [5.74, 6) is 3.10. The second-order valence-electron chi connectivity index (χ2n) is 7.91. The summed E-state index contributed by atoms with van der Waals surface area (Å²) in [7, 11) is 0. The van der Waals surface area contributed by atoms with Crippen molar-refractivity contribution in [3.63, 3.8) is 0 Å². The van der Waals surface area contributed by atoms with Gasteiger partial charge in [-0.05, 0) is 67.6 Å². The highest BCUT2D eigenvalue weighted by molar-refractivity contribution is 5.81. The molecule has 108 valence electrons. The lowest BCUT2D eigenvalue weighted by atomic mass is 9.49. The van der Waals surface area contributed by atoms with Crippen molar-refractivity contribution in [3.05, 3.63) is 0 Å². The van der Waals surface area contributed by atoms with Gasteiger partial charge in [-0.3, -0.25) is 4.79 Å². The van der Waals surface area contributed by atoms with Crippen LogP contribution in [0.4, 0.5) is 0 Å². The molecule has 19 heavy (non-hydrogen) atoms. The van der Waals surface area contributed by atoms with Gasteiger partial charge in [0.05, 0.1) is 6.04 Å². The summed E-state index contributed by atoms with van der Waals surface area (Å²) in [6, 6.07) is -0.353. The van der Waals surface area contributed by atoms with E-state index in [0.717, 1.165) is 24.3 Å².